The lowest BCUT2D eigenvalue weighted by Gasteiger charge is -2.36. The lowest BCUT2D eigenvalue weighted by atomic mass is 10.0. The molecule has 9 heteroatoms. The number of aromatic nitrogens is 3. The Morgan fingerprint density at radius 3 is 2.42 bits per heavy atom. The molecule has 1 aliphatic rings. The second-order valence-corrected chi connectivity index (χ2v) is 12.6. The van der Waals surface area contributed by atoms with Crippen molar-refractivity contribution in [3.8, 4) is 17.2 Å². The van der Waals surface area contributed by atoms with Crippen LogP contribution >= 0.6 is 23.4 Å². The van der Waals surface area contributed by atoms with E-state index in [1.807, 2.05) is 42.1 Å². The number of rotatable bonds is 8. The van der Waals surface area contributed by atoms with Gasteiger partial charge in [0.1, 0.15) is 6.07 Å². The summed E-state index contributed by atoms with van der Waals surface area (Å²) in [6.45, 7) is 10.0. The summed E-state index contributed by atoms with van der Waals surface area (Å²) >= 11 is 8.16. The molecule has 5 aromatic rings. The van der Waals surface area contributed by atoms with Gasteiger partial charge in [0.25, 0.3) is 0 Å². The molecular formula is C34H34ClN7S. The smallest absolute Gasteiger partial charge is 0.172 e. The molecular weight excluding hydrogens is 574 g/mol. The van der Waals surface area contributed by atoms with E-state index in [2.05, 4.69) is 81.4 Å². The van der Waals surface area contributed by atoms with Crippen molar-refractivity contribution >= 4 is 45.6 Å². The van der Waals surface area contributed by atoms with Crippen molar-refractivity contribution in [1.29, 1.82) is 5.26 Å². The molecule has 0 aliphatic carbocycles. The Balaban J connectivity index is 1.19. The third-order valence-electron chi connectivity index (χ3n) is 8.00. The number of imidazole rings is 1. The highest BCUT2D eigenvalue weighted by Crippen LogP contribution is 2.36. The van der Waals surface area contributed by atoms with Gasteiger partial charge in [-0.2, -0.15) is 5.26 Å². The number of aryl methyl sites for hydroxylation is 1. The Kier molecular flexibility index (Phi) is 8.68. The highest BCUT2D eigenvalue weighted by molar-refractivity contribution is 7.99. The van der Waals surface area contributed by atoms with Gasteiger partial charge in [0.2, 0.25) is 0 Å². The van der Waals surface area contributed by atoms with E-state index < -0.39 is 0 Å². The molecule has 1 aliphatic heterocycles. The summed E-state index contributed by atoms with van der Waals surface area (Å²) in [7, 11) is 1.95. The van der Waals surface area contributed by atoms with Crippen molar-refractivity contribution in [3.05, 3.63) is 95.4 Å². The van der Waals surface area contributed by atoms with Crippen LogP contribution in [-0.2, 0) is 13.6 Å². The summed E-state index contributed by atoms with van der Waals surface area (Å²) in [5, 5.41) is 15.6. The number of nitrogens with one attached hydrogen (secondary N) is 1. The van der Waals surface area contributed by atoms with E-state index in [0.29, 0.717) is 22.3 Å². The fourth-order valence-corrected chi connectivity index (χ4v) is 6.55. The lowest BCUT2D eigenvalue weighted by molar-refractivity contribution is 0.104. The Morgan fingerprint density at radius 1 is 0.977 bits per heavy atom. The van der Waals surface area contributed by atoms with Gasteiger partial charge in [-0.1, -0.05) is 59.8 Å². The maximum absolute atomic E-state index is 9.86. The fourth-order valence-electron chi connectivity index (χ4n) is 5.45. The van der Waals surface area contributed by atoms with Crippen LogP contribution in [-0.4, -0.2) is 56.6 Å². The molecule has 0 atom stereocenters. The van der Waals surface area contributed by atoms with E-state index in [9.17, 15) is 5.26 Å². The summed E-state index contributed by atoms with van der Waals surface area (Å²) in [6.07, 6.45) is 5.30. The molecule has 0 bridgehead atoms. The van der Waals surface area contributed by atoms with E-state index in [4.69, 9.17) is 11.6 Å². The van der Waals surface area contributed by atoms with Crippen molar-refractivity contribution in [3.63, 3.8) is 0 Å². The molecule has 0 saturated carbocycles. The first-order valence-electron chi connectivity index (χ1n) is 14.5. The fraction of sp³-hybridized carbons (Fsp3) is 0.265. The zero-order chi connectivity index (χ0) is 29.9. The normalized spacial score (nSPS) is 14.3. The van der Waals surface area contributed by atoms with Crippen LogP contribution in [0.2, 0.25) is 5.02 Å². The number of pyridine rings is 1. The van der Waals surface area contributed by atoms with Crippen molar-refractivity contribution in [1.82, 2.24) is 24.3 Å². The van der Waals surface area contributed by atoms with Gasteiger partial charge >= 0.3 is 0 Å². The standard InChI is InChI=1S/C34H34ClN7S/c1-23(2)42-16-14-41(15-17-42)22-24-4-6-25(7-5-24)26-8-10-29-31(18-26)38-21-27(20-36)33(29)39-28-9-11-32(30(35)19-28)43-34-37-12-13-40(34)3/h4-13,18-19,21,23H,14-17,22H2,1-3H3,(H,38,39). The highest BCUT2D eigenvalue weighted by atomic mass is 35.5. The largest absolute Gasteiger partial charge is 0.354 e. The molecule has 2 aromatic heterocycles. The Labute approximate surface area is 262 Å². The zero-order valence-corrected chi connectivity index (χ0v) is 26.2. The lowest BCUT2D eigenvalue weighted by Crippen LogP contribution is -2.48. The summed E-state index contributed by atoms with van der Waals surface area (Å²) in [5.74, 6) is 0. The molecule has 0 spiro atoms. The van der Waals surface area contributed by atoms with E-state index >= 15 is 0 Å². The van der Waals surface area contributed by atoms with Gasteiger partial charge in [0.05, 0.1) is 21.8 Å². The predicted molar refractivity (Wildman–Crippen MR) is 176 cm³/mol. The first kappa shape index (κ1) is 29.2. The van der Waals surface area contributed by atoms with E-state index in [0.717, 1.165) is 70.5 Å². The van der Waals surface area contributed by atoms with Crippen LogP contribution in [0.15, 0.2) is 89.3 Å². The van der Waals surface area contributed by atoms with Gasteiger partial charge in [0.15, 0.2) is 5.16 Å². The summed E-state index contributed by atoms with van der Waals surface area (Å²) in [6, 6.07) is 23.8. The van der Waals surface area contributed by atoms with Crippen LogP contribution in [0, 0.1) is 11.3 Å². The topological polar surface area (TPSA) is 73.0 Å². The van der Waals surface area contributed by atoms with Crippen LogP contribution in [0.4, 0.5) is 11.4 Å². The van der Waals surface area contributed by atoms with Crippen LogP contribution in [0.5, 0.6) is 0 Å². The quantitative estimate of drug-likeness (QED) is 0.195. The van der Waals surface area contributed by atoms with E-state index in [1.54, 1.807) is 12.4 Å². The summed E-state index contributed by atoms with van der Waals surface area (Å²) < 4.78 is 1.95. The number of nitriles is 1. The maximum Gasteiger partial charge on any atom is 0.172 e. The molecule has 1 N–H and O–H groups in total. The number of benzene rings is 3. The number of fused-ring (bicyclic) bond motifs is 1. The molecule has 0 radical (unpaired) electrons. The van der Waals surface area contributed by atoms with Gasteiger partial charge in [-0.15, -0.1) is 0 Å². The van der Waals surface area contributed by atoms with Gasteiger partial charge in [0, 0.05) is 80.4 Å². The highest BCUT2D eigenvalue weighted by Gasteiger charge is 2.19. The number of hydrogen-bond acceptors (Lipinski definition) is 7. The molecule has 3 aromatic carbocycles. The third-order valence-corrected chi connectivity index (χ3v) is 9.58. The second-order valence-electron chi connectivity index (χ2n) is 11.2. The van der Waals surface area contributed by atoms with Gasteiger partial charge in [-0.25, -0.2) is 4.98 Å². The van der Waals surface area contributed by atoms with Gasteiger partial charge in [-0.05, 0) is 54.8 Å². The summed E-state index contributed by atoms with van der Waals surface area (Å²) in [4.78, 5) is 15.0. The summed E-state index contributed by atoms with van der Waals surface area (Å²) in [5.41, 5.74) is 6.36. The predicted octanol–water partition coefficient (Wildman–Crippen LogP) is 7.58. The maximum atomic E-state index is 9.86. The van der Waals surface area contributed by atoms with E-state index in [1.165, 1.54) is 17.3 Å². The first-order chi connectivity index (χ1) is 20.9. The minimum absolute atomic E-state index is 0.474. The number of nitrogens with zero attached hydrogens (tertiary/aromatic N) is 6. The molecule has 3 heterocycles. The van der Waals surface area contributed by atoms with Crippen LogP contribution in [0.25, 0.3) is 22.0 Å². The Morgan fingerprint density at radius 2 is 1.74 bits per heavy atom. The molecule has 6 rings (SSSR count). The molecule has 218 valence electrons. The molecule has 43 heavy (non-hydrogen) atoms. The molecule has 1 saturated heterocycles. The SMILES string of the molecule is CC(C)N1CCN(Cc2ccc(-c3ccc4c(Nc5ccc(Sc6nccn6C)c(Cl)c5)c(C#N)cnc4c3)cc2)CC1. The van der Waals surface area contributed by atoms with Crippen molar-refractivity contribution in [2.45, 2.75) is 36.5 Å². The minimum atomic E-state index is 0.474. The third kappa shape index (κ3) is 6.56. The average Bonchev–Trinajstić information content (AvgIpc) is 3.43. The van der Waals surface area contributed by atoms with Crippen molar-refractivity contribution in [2.24, 2.45) is 7.05 Å². The minimum Gasteiger partial charge on any atom is -0.354 e. The molecule has 0 amide bonds. The Hall–Kier alpha value is -3.87. The molecule has 7 nitrogen and oxygen atoms in total. The van der Waals surface area contributed by atoms with Crippen molar-refractivity contribution in [2.75, 3.05) is 31.5 Å². The molecule has 0 unspecified atom stereocenters. The van der Waals surface area contributed by atoms with Gasteiger partial charge < -0.3 is 9.88 Å². The number of piperazine rings is 1. The number of hydrogen-bond donors (Lipinski definition) is 1. The van der Waals surface area contributed by atoms with Gasteiger partial charge in [-0.3, -0.25) is 14.8 Å². The molecule has 1 fully saturated rings. The zero-order valence-electron chi connectivity index (χ0n) is 24.6. The number of anilines is 2. The van der Waals surface area contributed by atoms with Crippen molar-refractivity contribution < 1.29 is 0 Å². The monoisotopic (exact) mass is 607 g/mol. The Bertz CT molecular complexity index is 1780. The number of halogens is 1. The van der Waals surface area contributed by atoms with Crippen LogP contribution in [0.1, 0.15) is 25.0 Å². The van der Waals surface area contributed by atoms with Crippen LogP contribution in [0.3, 0.4) is 0 Å². The van der Waals surface area contributed by atoms with E-state index in [-0.39, 0.29) is 0 Å². The average molecular weight is 608 g/mol. The second kappa shape index (κ2) is 12.8. The van der Waals surface area contributed by atoms with Crippen LogP contribution < -0.4 is 5.32 Å². The first-order valence-corrected chi connectivity index (χ1v) is 15.7.